The molecule has 2 N–H and O–H groups in total. The molecule has 100 valence electrons. The van der Waals surface area contributed by atoms with E-state index >= 15 is 0 Å². The molecule has 1 aromatic rings. The predicted octanol–water partition coefficient (Wildman–Crippen LogP) is 2.34. The summed E-state index contributed by atoms with van der Waals surface area (Å²) in [5.74, 6) is 0.684. The van der Waals surface area contributed by atoms with Crippen molar-refractivity contribution in [2.24, 2.45) is 0 Å². The maximum absolute atomic E-state index is 11.0. The predicted molar refractivity (Wildman–Crippen MR) is 71.0 cm³/mol. The fourth-order valence-corrected chi connectivity index (χ4v) is 1.46. The van der Waals surface area contributed by atoms with Crippen molar-refractivity contribution < 1.29 is 4.92 Å². The van der Waals surface area contributed by atoms with E-state index in [1.165, 1.54) is 0 Å². The molecule has 0 aliphatic rings. The van der Waals surface area contributed by atoms with E-state index in [1.54, 1.807) is 6.92 Å². The molecule has 0 bridgehead atoms. The van der Waals surface area contributed by atoms with Crippen molar-refractivity contribution in [3.8, 4) is 0 Å². The Morgan fingerprint density at radius 3 is 2.56 bits per heavy atom. The highest BCUT2D eigenvalue weighted by molar-refractivity contribution is 5.61. The molecule has 0 aromatic carbocycles. The molecule has 0 amide bonds. The topological polar surface area (TPSA) is 93.0 Å². The van der Waals surface area contributed by atoms with Gasteiger partial charge in [-0.05, 0) is 27.2 Å². The average molecular weight is 253 g/mol. The van der Waals surface area contributed by atoms with Gasteiger partial charge >= 0.3 is 5.69 Å². The Morgan fingerprint density at radius 2 is 2.06 bits per heavy atom. The summed E-state index contributed by atoms with van der Waals surface area (Å²) in [5, 5.41) is 17.1. The molecule has 0 spiro atoms. The Hall–Kier alpha value is -1.92. The van der Waals surface area contributed by atoms with Crippen molar-refractivity contribution in [2.75, 3.05) is 17.2 Å². The molecule has 0 fully saturated rings. The first-order chi connectivity index (χ1) is 8.49. The van der Waals surface area contributed by atoms with Gasteiger partial charge in [0.05, 0.1) is 4.92 Å². The molecule has 0 aliphatic heterocycles. The van der Waals surface area contributed by atoms with Gasteiger partial charge in [0.1, 0.15) is 5.69 Å². The first-order valence-corrected chi connectivity index (χ1v) is 6.03. The summed E-state index contributed by atoms with van der Waals surface area (Å²) in [6, 6.07) is 0.118. The fourth-order valence-electron chi connectivity index (χ4n) is 1.46. The van der Waals surface area contributed by atoms with Gasteiger partial charge in [0.2, 0.25) is 11.8 Å². The Labute approximate surface area is 106 Å². The minimum Gasteiger partial charge on any atom is -0.362 e. The van der Waals surface area contributed by atoms with Crippen molar-refractivity contribution in [2.45, 2.75) is 40.2 Å². The van der Waals surface area contributed by atoms with Gasteiger partial charge in [-0.3, -0.25) is 10.1 Å². The van der Waals surface area contributed by atoms with E-state index in [-0.39, 0.29) is 17.5 Å². The minimum absolute atomic E-state index is 0.0584. The van der Waals surface area contributed by atoms with E-state index in [1.807, 2.05) is 20.8 Å². The Bertz CT molecular complexity index is 436. The molecular weight excluding hydrogens is 234 g/mol. The van der Waals surface area contributed by atoms with Crippen molar-refractivity contribution in [3.05, 3.63) is 15.8 Å². The van der Waals surface area contributed by atoms with Gasteiger partial charge in [-0.2, -0.15) is 4.98 Å². The van der Waals surface area contributed by atoms with Crippen LogP contribution in [0.5, 0.6) is 0 Å². The lowest BCUT2D eigenvalue weighted by Crippen LogP contribution is -2.17. The summed E-state index contributed by atoms with van der Waals surface area (Å²) >= 11 is 0. The normalized spacial score (nSPS) is 12.0. The third-order valence-corrected chi connectivity index (χ3v) is 2.57. The molecule has 1 unspecified atom stereocenters. The third-order valence-electron chi connectivity index (χ3n) is 2.57. The molecule has 1 aromatic heterocycles. The van der Waals surface area contributed by atoms with Crippen LogP contribution in [0.4, 0.5) is 17.5 Å². The number of anilines is 2. The van der Waals surface area contributed by atoms with E-state index in [0.717, 1.165) is 6.42 Å². The van der Waals surface area contributed by atoms with Gasteiger partial charge < -0.3 is 10.6 Å². The van der Waals surface area contributed by atoms with Crippen molar-refractivity contribution in [3.63, 3.8) is 0 Å². The Balaban J connectivity index is 3.19. The number of nitrogens with one attached hydrogen (secondary N) is 2. The summed E-state index contributed by atoms with van der Waals surface area (Å²) in [4.78, 5) is 18.8. The van der Waals surface area contributed by atoms with Crippen LogP contribution in [-0.2, 0) is 0 Å². The lowest BCUT2D eigenvalue weighted by Gasteiger charge is -2.14. The van der Waals surface area contributed by atoms with E-state index in [9.17, 15) is 10.1 Å². The number of rotatable bonds is 6. The number of aryl methyl sites for hydroxylation is 1. The van der Waals surface area contributed by atoms with Gasteiger partial charge in [-0.1, -0.05) is 6.92 Å². The molecule has 1 atom stereocenters. The molecule has 1 rings (SSSR count). The van der Waals surface area contributed by atoms with Crippen LogP contribution in [0, 0.1) is 17.0 Å². The standard InChI is InChI=1S/C11H19N5O2/c1-5-7(3)13-10-9(16(17)18)8(4)14-11(15-10)12-6-2/h7H,5-6H2,1-4H3,(H2,12,13,14,15). The van der Waals surface area contributed by atoms with Crippen LogP contribution in [-0.4, -0.2) is 27.5 Å². The molecule has 0 aliphatic carbocycles. The third kappa shape index (κ3) is 3.28. The van der Waals surface area contributed by atoms with Gasteiger partial charge in [0.25, 0.3) is 0 Å². The quantitative estimate of drug-likeness (QED) is 0.597. The van der Waals surface area contributed by atoms with E-state index in [0.29, 0.717) is 18.2 Å². The molecule has 7 nitrogen and oxygen atoms in total. The second-order valence-corrected chi connectivity index (χ2v) is 4.07. The van der Waals surface area contributed by atoms with Crippen LogP contribution in [0.25, 0.3) is 0 Å². The number of nitrogens with zero attached hydrogens (tertiary/aromatic N) is 3. The Kier molecular flexibility index (Phi) is 4.82. The monoisotopic (exact) mass is 253 g/mol. The summed E-state index contributed by atoms with van der Waals surface area (Å²) < 4.78 is 0. The van der Waals surface area contributed by atoms with Crippen molar-refractivity contribution >= 4 is 17.5 Å². The molecule has 1 heterocycles. The second kappa shape index (κ2) is 6.13. The highest BCUT2D eigenvalue weighted by atomic mass is 16.6. The fraction of sp³-hybridized carbons (Fsp3) is 0.636. The number of hydrogen-bond donors (Lipinski definition) is 2. The van der Waals surface area contributed by atoms with Crippen LogP contribution in [0.1, 0.15) is 32.9 Å². The number of aromatic nitrogens is 2. The smallest absolute Gasteiger partial charge is 0.332 e. The van der Waals surface area contributed by atoms with Crippen LogP contribution in [0.3, 0.4) is 0 Å². The number of nitro groups is 1. The molecule has 0 saturated carbocycles. The van der Waals surface area contributed by atoms with Gasteiger partial charge in [0.15, 0.2) is 0 Å². The molecule has 7 heteroatoms. The highest BCUT2D eigenvalue weighted by Crippen LogP contribution is 2.27. The average Bonchev–Trinajstić information content (AvgIpc) is 2.28. The summed E-state index contributed by atoms with van der Waals surface area (Å²) in [6.07, 6.45) is 0.858. The Morgan fingerprint density at radius 1 is 1.39 bits per heavy atom. The largest absolute Gasteiger partial charge is 0.362 e. The minimum atomic E-state index is -0.449. The molecule has 18 heavy (non-hydrogen) atoms. The SMILES string of the molecule is CCNc1nc(C)c([N+](=O)[O-])c(NC(C)CC)n1. The molecule has 0 saturated heterocycles. The van der Waals surface area contributed by atoms with Gasteiger partial charge in [-0.25, -0.2) is 4.98 Å². The van der Waals surface area contributed by atoms with E-state index < -0.39 is 4.92 Å². The van der Waals surface area contributed by atoms with Crippen LogP contribution in [0.15, 0.2) is 0 Å². The molecule has 0 radical (unpaired) electrons. The summed E-state index contributed by atoms with van der Waals surface area (Å²) in [6.45, 7) is 8.15. The summed E-state index contributed by atoms with van der Waals surface area (Å²) in [7, 11) is 0. The number of hydrogen-bond acceptors (Lipinski definition) is 6. The molecular formula is C11H19N5O2. The lowest BCUT2D eigenvalue weighted by atomic mass is 10.2. The zero-order chi connectivity index (χ0) is 13.7. The van der Waals surface area contributed by atoms with E-state index in [2.05, 4.69) is 20.6 Å². The van der Waals surface area contributed by atoms with Crippen molar-refractivity contribution in [1.82, 2.24) is 9.97 Å². The van der Waals surface area contributed by atoms with Crippen LogP contribution in [0.2, 0.25) is 0 Å². The second-order valence-electron chi connectivity index (χ2n) is 4.07. The first-order valence-electron chi connectivity index (χ1n) is 6.03. The zero-order valence-electron chi connectivity index (χ0n) is 11.1. The van der Waals surface area contributed by atoms with Crippen molar-refractivity contribution in [1.29, 1.82) is 0 Å². The van der Waals surface area contributed by atoms with Crippen LogP contribution >= 0.6 is 0 Å². The first kappa shape index (κ1) is 14.1. The lowest BCUT2D eigenvalue weighted by molar-refractivity contribution is -0.385. The maximum atomic E-state index is 11.0. The maximum Gasteiger partial charge on any atom is 0.332 e. The zero-order valence-corrected chi connectivity index (χ0v) is 11.1. The van der Waals surface area contributed by atoms with Gasteiger partial charge in [-0.15, -0.1) is 0 Å². The summed E-state index contributed by atoms with van der Waals surface area (Å²) in [5.41, 5.74) is 0.300. The van der Waals surface area contributed by atoms with Gasteiger partial charge in [0, 0.05) is 12.6 Å². The highest BCUT2D eigenvalue weighted by Gasteiger charge is 2.22. The van der Waals surface area contributed by atoms with Crippen LogP contribution < -0.4 is 10.6 Å². The van der Waals surface area contributed by atoms with E-state index in [4.69, 9.17) is 0 Å².